The number of hydrogen-bond donors (Lipinski definition) is 2. The molecule has 2 saturated heterocycles. The van der Waals surface area contributed by atoms with E-state index in [1.165, 1.54) is 13.0 Å². The van der Waals surface area contributed by atoms with Gasteiger partial charge in [0.1, 0.15) is 0 Å². The molecular weight excluding hydrogens is 410 g/mol. The lowest BCUT2D eigenvalue weighted by Gasteiger charge is -2.32. The highest BCUT2D eigenvalue weighted by Crippen LogP contribution is 2.21. The predicted molar refractivity (Wildman–Crippen MR) is 127 cm³/mol. The van der Waals surface area contributed by atoms with Crippen LogP contribution in [0.2, 0.25) is 0 Å². The van der Waals surface area contributed by atoms with Gasteiger partial charge >= 0.3 is 0 Å². The molecule has 2 aliphatic rings. The van der Waals surface area contributed by atoms with Gasteiger partial charge < -0.3 is 15.5 Å². The molecule has 0 amide bonds. The van der Waals surface area contributed by atoms with Gasteiger partial charge in [-0.3, -0.25) is 0 Å². The molecule has 8 heteroatoms. The minimum atomic E-state index is -3.42. The standard InChI is InChI=1S/C23H39N5O2S/c1-3-13-27-16-11-21(12-17-27)26-23(24-4-2)25-19-20-9-8-10-22(18-20)31(29,30)28-14-6-5-7-15-28/h8-10,18,21H,3-7,11-17,19H2,1-2H3,(H2,24,25,26). The Balaban J connectivity index is 1.62. The van der Waals surface area contributed by atoms with Crippen molar-refractivity contribution in [3.05, 3.63) is 29.8 Å². The molecule has 0 radical (unpaired) electrons. The van der Waals surface area contributed by atoms with E-state index in [-0.39, 0.29) is 0 Å². The van der Waals surface area contributed by atoms with E-state index in [9.17, 15) is 8.42 Å². The van der Waals surface area contributed by atoms with E-state index in [4.69, 9.17) is 4.99 Å². The Morgan fingerprint density at radius 3 is 2.52 bits per heavy atom. The average molecular weight is 450 g/mol. The summed E-state index contributed by atoms with van der Waals surface area (Å²) in [6.45, 7) is 10.2. The van der Waals surface area contributed by atoms with Gasteiger partial charge in [0.05, 0.1) is 11.4 Å². The van der Waals surface area contributed by atoms with Gasteiger partial charge in [-0.1, -0.05) is 25.5 Å². The summed E-state index contributed by atoms with van der Waals surface area (Å²) in [6, 6.07) is 7.68. The monoisotopic (exact) mass is 449 g/mol. The quantitative estimate of drug-likeness (QED) is 0.471. The number of nitrogens with zero attached hydrogens (tertiary/aromatic N) is 3. The highest BCUT2D eigenvalue weighted by molar-refractivity contribution is 7.89. The summed E-state index contributed by atoms with van der Waals surface area (Å²) in [4.78, 5) is 7.64. The fourth-order valence-electron chi connectivity index (χ4n) is 4.36. The van der Waals surface area contributed by atoms with E-state index in [1.807, 2.05) is 12.1 Å². The third-order valence-electron chi connectivity index (χ3n) is 6.08. The molecule has 31 heavy (non-hydrogen) atoms. The molecule has 2 aliphatic heterocycles. The van der Waals surface area contributed by atoms with Crippen molar-refractivity contribution in [2.75, 3.05) is 39.3 Å². The molecule has 1 aromatic rings. The van der Waals surface area contributed by atoms with Crippen LogP contribution >= 0.6 is 0 Å². The molecule has 2 fully saturated rings. The van der Waals surface area contributed by atoms with Crippen LogP contribution in [0.1, 0.15) is 57.9 Å². The van der Waals surface area contributed by atoms with E-state index in [0.717, 1.165) is 63.3 Å². The fraction of sp³-hybridized carbons (Fsp3) is 0.696. The van der Waals surface area contributed by atoms with E-state index >= 15 is 0 Å². The maximum Gasteiger partial charge on any atom is 0.243 e. The second kappa shape index (κ2) is 11.8. The molecule has 1 aromatic carbocycles. The third-order valence-corrected chi connectivity index (χ3v) is 7.98. The Kier molecular flexibility index (Phi) is 9.16. The number of rotatable bonds is 8. The van der Waals surface area contributed by atoms with Crippen LogP contribution < -0.4 is 10.6 Å². The highest BCUT2D eigenvalue weighted by Gasteiger charge is 2.26. The Labute approximate surface area is 188 Å². The minimum absolute atomic E-state index is 0.378. The van der Waals surface area contributed by atoms with Crippen molar-refractivity contribution in [1.29, 1.82) is 0 Å². The van der Waals surface area contributed by atoms with Crippen LogP contribution in [0.4, 0.5) is 0 Å². The summed E-state index contributed by atoms with van der Waals surface area (Å²) in [5, 5.41) is 6.90. The molecule has 0 saturated carbocycles. The Bertz CT molecular complexity index is 813. The molecule has 0 atom stereocenters. The number of sulfonamides is 1. The second-order valence-corrected chi connectivity index (χ2v) is 10.5. The van der Waals surface area contributed by atoms with Gasteiger partial charge in [0, 0.05) is 38.8 Å². The van der Waals surface area contributed by atoms with E-state index < -0.39 is 10.0 Å². The van der Waals surface area contributed by atoms with Gasteiger partial charge in [0.25, 0.3) is 0 Å². The zero-order valence-corrected chi connectivity index (χ0v) is 20.0. The lowest BCUT2D eigenvalue weighted by molar-refractivity contribution is 0.206. The SMILES string of the molecule is CCCN1CCC(NC(=NCc2cccc(S(=O)(=O)N3CCCCC3)c2)NCC)CC1. The summed E-state index contributed by atoms with van der Waals surface area (Å²) < 4.78 is 27.6. The lowest BCUT2D eigenvalue weighted by Crippen LogP contribution is -2.48. The first-order valence-electron chi connectivity index (χ1n) is 11.9. The second-order valence-electron chi connectivity index (χ2n) is 8.57. The number of guanidine groups is 1. The van der Waals surface area contributed by atoms with Gasteiger partial charge in [-0.05, 0) is 63.3 Å². The summed E-state index contributed by atoms with van der Waals surface area (Å²) in [5.41, 5.74) is 0.910. The van der Waals surface area contributed by atoms with Gasteiger partial charge in [-0.25, -0.2) is 13.4 Å². The van der Waals surface area contributed by atoms with Crippen LogP contribution in [-0.4, -0.2) is 68.9 Å². The average Bonchev–Trinajstić information content (AvgIpc) is 2.80. The zero-order valence-electron chi connectivity index (χ0n) is 19.1. The molecule has 0 spiro atoms. The molecule has 0 unspecified atom stereocenters. The number of likely N-dealkylation sites (tertiary alicyclic amines) is 1. The van der Waals surface area contributed by atoms with Crippen LogP contribution in [0.15, 0.2) is 34.2 Å². The van der Waals surface area contributed by atoms with Crippen LogP contribution in [0.3, 0.4) is 0 Å². The molecule has 7 nitrogen and oxygen atoms in total. The van der Waals surface area contributed by atoms with Crippen molar-refractivity contribution in [2.45, 2.75) is 69.9 Å². The zero-order chi connectivity index (χ0) is 22.1. The minimum Gasteiger partial charge on any atom is -0.357 e. The molecule has 2 heterocycles. The van der Waals surface area contributed by atoms with Crippen molar-refractivity contribution in [3.63, 3.8) is 0 Å². The van der Waals surface area contributed by atoms with E-state index in [2.05, 4.69) is 29.4 Å². The van der Waals surface area contributed by atoms with E-state index in [0.29, 0.717) is 30.6 Å². The molecule has 0 aromatic heterocycles. The Morgan fingerprint density at radius 2 is 1.84 bits per heavy atom. The maximum absolute atomic E-state index is 13.0. The van der Waals surface area contributed by atoms with Gasteiger partial charge in [-0.2, -0.15) is 4.31 Å². The van der Waals surface area contributed by atoms with Crippen molar-refractivity contribution in [2.24, 2.45) is 4.99 Å². The van der Waals surface area contributed by atoms with Gasteiger partial charge in [0.15, 0.2) is 5.96 Å². The van der Waals surface area contributed by atoms with Crippen LogP contribution in [0.5, 0.6) is 0 Å². The fourth-order valence-corrected chi connectivity index (χ4v) is 5.95. The molecule has 2 N–H and O–H groups in total. The van der Waals surface area contributed by atoms with Crippen molar-refractivity contribution >= 4 is 16.0 Å². The molecule has 0 aliphatic carbocycles. The van der Waals surface area contributed by atoms with Crippen LogP contribution in [-0.2, 0) is 16.6 Å². The largest absolute Gasteiger partial charge is 0.357 e. The summed E-state index contributed by atoms with van der Waals surface area (Å²) >= 11 is 0. The van der Waals surface area contributed by atoms with E-state index in [1.54, 1.807) is 16.4 Å². The lowest BCUT2D eigenvalue weighted by atomic mass is 10.1. The normalized spacial score (nSPS) is 20.0. The predicted octanol–water partition coefficient (Wildman–Crippen LogP) is 2.79. The van der Waals surface area contributed by atoms with Crippen LogP contribution in [0, 0.1) is 0 Å². The first-order valence-corrected chi connectivity index (χ1v) is 13.3. The number of hydrogen-bond acceptors (Lipinski definition) is 4. The Morgan fingerprint density at radius 1 is 1.10 bits per heavy atom. The third kappa shape index (κ3) is 6.92. The molecule has 3 rings (SSSR count). The highest BCUT2D eigenvalue weighted by atomic mass is 32.2. The summed E-state index contributed by atoms with van der Waals surface area (Å²) in [5.74, 6) is 0.806. The van der Waals surface area contributed by atoms with Crippen molar-refractivity contribution in [3.8, 4) is 0 Å². The van der Waals surface area contributed by atoms with Gasteiger partial charge in [-0.15, -0.1) is 0 Å². The maximum atomic E-state index is 13.0. The number of nitrogens with one attached hydrogen (secondary N) is 2. The first kappa shape index (κ1) is 24.0. The number of aliphatic imine (C=N–C) groups is 1. The Hall–Kier alpha value is -1.64. The van der Waals surface area contributed by atoms with Crippen molar-refractivity contribution in [1.82, 2.24) is 19.8 Å². The molecule has 0 bridgehead atoms. The van der Waals surface area contributed by atoms with Crippen molar-refractivity contribution < 1.29 is 8.42 Å². The topological polar surface area (TPSA) is 77.0 Å². The first-order chi connectivity index (χ1) is 15.0. The summed E-state index contributed by atoms with van der Waals surface area (Å²) in [7, 11) is -3.42. The molecular formula is C23H39N5O2S. The summed E-state index contributed by atoms with van der Waals surface area (Å²) in [6.07, 6.45) is 6.44. The number of benzene rings is 1. The van der Waals surface area contributed by atoms with Gasteiger partial charge in [0.2, 0.25) is 10.0 Å². The van der Waals surface area contributed by atoms with Crippen LogP contribution in [0.25, 0.3) is 0 Å². The molecule has 174 valence electrons. The smallest absolute Gasteiger partial charge is 0.243 e. The number of piperidine rings is 2.